The van der Waals surface area contributed by atoms with Crippen molar-refractivity contribution in [3.05, 3.63) is 17.8 Å². The van der Waals surface area contributed by atoms with E-state index in [1.54, 1.807) is 12.1 Å². The van der Waals surface area contributed by atoms with E-state index in [1.807, 2.05) is 6.07 Å². The van der Waals surface area contributed by atoms with Crippen LogP contribution in [0.1, 0.15) is 25.0 Å². The Bertz CT molecular complexity index is 566. The average molecular weight is 272 g/mol. The van der Waals surface area contributed by atoms with Crippen molar-refractivity contribution in [1.82, 2.24) is 10.2 Å². The second kappa shape index (κ2) is 4.75. The summed E-state index contributed by atoms with van der Waals surface area (Å²) in [5.41, 5.74) is -0.0829. The molecule has 6 heteroatoms. The van der Waals surface area contributed by atoms with Gasteiger partial charge in [-0.1, -0.05) is 6.42 Å². The van der Waals surface area contributed by atoms with Crippen LogP contribution < -0.4 is 4.90 Å². The lowest BCUT2D eigenvalue weighted by atomic mass is 9.81. The number of aromatic nitrogens is 2. The van der Waals surface area contributed by atoms with Crippen LogP contribution in [0.5, 0.6) is 0 Å². The molecule has 104 valence electrons. The second-order valence-corrected chi connectivity index (χ2v) is 5.51. The molecule has 2 aliphatic rings. The predicted octanol–water partition coefficient (Wildman–Crippen LogP) is 1.13. The molecule has 1 saturated heterocycles. The maximum Gasteiger partial charge on any atom is 0.313 e. The summed E-state index contributed by atoms with van der Waals surface area (Å²) in [4.78, 5) is 14.2. The van der Waals surface area contributed by atoms with Crippen molar-refractivity contribution in [3.63, 3.8) is 0 Å². The van der Waals surface area contributed by atoms with Gasteiger partial charge in [-0.3, -0.25) is 4.79 Å². The molecule has 1 aromatic heterocycles. The molecule has 0 N–H and O–H groups in total. The van der Waals surface area contributed by atoms with Crippen LogP contribution in [0.4, 0.5) is 5.82 Å². The fourth-order valence-corrected chi connectivity index (χ4v) is 3.55. The number of anilines is 1. The Balaban J connectivity index is 1.84. The largest absolute Gasteiger partial charge is 0.469 e. The van der Waals surface area contributed by atoms with E-state index in [2.05, 4.69) is 15.1 Å². The fourth-order valence-electron chi connectivity index (χ4n) is 3.55. The summed E-state index contributed by atoms with van der Waals surface area (Å²) in [5.74, 6) is 0.943. The maximum atomic E-state index is 12.2. The zero-order valence-electron chi connectivity index (χ0n) is 11.4. The van der Waals surface area contributed by atoms with Gasteiger partial charge in [-0.2, -0.15) is 5.26 Å². The number of carbonyl (C=O) groups excluding carboxylic acids is 1. The third-order valence-corrected chi connectivity index (χ3v) is 4.55. The van der Waals surface area contributed by atoms with Crippen molar-refractivity contribution in [3.8, 4) is 6.07 Å². The van der Waals surface area contributed by atoms with E-state index in [9.17, 15) is 4.79 Å². The zero-order chi connectivity index (χ0) is 14.2. The van der Waals surface area contributed by atoms with E-state index in [4.69, 9.17) is 10.00 Å². The van der Waals surface area contributed by atoms with Gasteiger partial charge in [-0.15, -0.1) is 10.2 Å². The number of hydrogen-bond acceptors (Lipinski definition) is 6. The number of rotatable bonds is 2. The number of nitrogens with zero attached hydrogens (tertiary/aromatic N) is 4. The normalized spacial score (nSPS) is 28.0. The van der Waals surface area contributed by atoms with Crippen molar-refractivity contribution >= 4 is 11.8 Å². The molecular formula is C14H16N4O2. The Hall–Kier alpha value is -2.16. The van der Waals surface area contributed by atoms with E-state index >= 15 is 0 Å². The SMILES string of the molecule is COC(=O)C12CCCC1CN(c1ccc(C#N)nn1)C2. The topological polar surface area (TPSA) is 79.1 Å². The van der Waals surface area contributed by atoms with E-state index in [-0.39, 0.29) is 11.4 Å². The monoisotopic (exact) mass is 272 g/mol. The first-order valence-corrected chi connectivity index (χ1v) is 6.77. The molecule has 1 saturated carbocycles. The van der Waals surface area contributed by atoms with E-state index in [0.29, 0.717) is 18.2 Å². The first kappa shape index (κ1) is 12.9. The summed E-state index contributed by atoms with van der Waals surface area (Å²) in [6, 6.07) is 5.40. The van der Waals surface area contributed by atoms with Crippen LogP contribution in [0.15, 0.2) is 12.1 Å². The molecule has 3 rings (SSSR count). The molecule has 1 aliphatic carbocycles. The van der Waals surface area contributed by atoms with Crippen molar-refractivity contribution < 1.29 is 9.53 Å². The molecule has 0 aromatic carbocycles. The molecule has 2 heterocycles. The minimum atomic E-state index is -0.385. The van der Waals surface area contributed by atoms with Crippen LogP contribution in [0, 0.1) is 22.7 Å². The molecule has 2 fully saturated rings. The van der Waals surface area contributed by atoms with Gasteiger partial charge in [0.15, 0.2) is 11.5 Å². The van der Waals surface area contributed by atoms with Gasteiger partial charge in [-0.25, -0.2) is 0 Å². The standard InChI is InChI=1S/C14H16N4O2/c1-20-13(19)14-6-2-3-10(14)8-18(9-14)12-5-4-11(7-15)16-17-12/h4-5,10H,2-3,6,8-9H2,1H3. The molecule has 2 atom stereocenters. The van der Waals surface area contributed by atoms with Crippen molar-refractivity contribution in [2.45, 2.75) is 19.3 Å². The van der Waals surface area contributed by atoms with E-state index in [1.165, 1.54) is 7.11 Å². The van der Waals surface area contributed by atoms with Crippen LogP contribution in [0.2, 0.25) is 0 Å². The summed E-state index contributed by atoms with van der Waals surface area (Å²) in [6.45, 7) is 1.43. The number of esters is 1. The summed E-state index contributed by atoms with van der Waals surface area (Å²) in [5, 5.41) is 16.7. The first-order chi connectivity index (χ1) is 9.69. The molecule has 1 aromatic rings. The van der Waals surface area contributed by atoms with E-state index < -0.39 is 0 Å². The Morgan fingerprint density at radius 2 is 2.40 bits per heavy atom. The highest BCUT2D eigenvalue weighted by Gasteiger charge is 2.55. The lowest BCUT2D eigenvalue weighted by Crippen LogP contribution is -2.37. The third kappa shape index (κ3) is 1.82. The van der Waals surface area contributed by atoms with Crippen molar-refractivity contribution in [1.29, 1.82) is 5.26 Å². The average Bonchev–Trinajstić information content (AvgIpc) is 3.04. The molecule has 0 spiro atoms. The smallest absolute Gasteiger partial charge is 0.313 e. The minimum absolute atomic E-state index is 0.107. The van der Waals surface area contributed by atoms with Crippen LogP contribution in [-0.4, -0.2) is 36.4 Å². The molecule has 0 radical (unpaired) electrons. The number of methoxy groups -OCH3 is 1. The molecular weight excluding hydrogens is 256 g/mol. The Labute approximate surface area is 117 Å². The molecule has 1 aliphatic heterocycles. The van der Waals surface area contributed by atoms with Gasteiger partial charge >= 0.3 is 5.97 Å². The van der Waals surface area contributed by atoms with Crippen LogP contribution in [-0.2, 0) is 9.53 Å². The summed E-state index contributed by atoms with van der Waals surface area (Å²) in [6.07, 6.45) is 3.01. The zero-order valence-corrected chi connectivity index (χ0v) is 11.4. The van der Waals surface area contributed by atoms with Gasteiger partial charge in [-0.05, 0) is 30.9 Å². The number of carbonyl (C=O) groups is 1. The molecule has 0 bridgehead atoms. The summed E-state index contributed by atoms with van der Waals surface area (Å²) in [7, 11) is 1.46. The molecule has 2 unspecified atom stereocenters. The minimum Gasteiger partial charge on any atom is -0.469 e. The first-order valence-electron chi connectivity index (χ1n) is 6.77. The third-order valence-electron chi connectivity index (χ3n) is 4.55. The van der Waals surface area contributed by atoms with Crippen LogP contribution in [0.3, 0.4) is 0 Å². The van der Waals surface area contributed by atoms with E-state index in [0.717, 1.165) is 31.6 Å². The molecule has 6 nitrogen and oxygen atoms in total. The number of ether oxygens (including phenoxy) is 1. The predicted molar refractivity (Wildman–Crippen MR) is 70.8 cm³/mol. The number of hydrogen-bond donors (Lipinski definition) is 0. The lowest BCUT2D eigenvalue weighted by molar-refractivity contribution is -0.152. The maximum absolute atomic E-state index is 12.2. The summed E-state index contributed by atoms with van der Waals surface area (Å²) < 4.78 is 5.01. The quantitative estimate of drug-likeness (QED) is 0.751. The fraction of sp³-hybridized carbons (Fsp3) is 0.571. The van der Waals surface area contributed by atoms with Gasteiger partial charge in [0.05, 0.1) is 12.5 Å². The molecule has 20 heavy (non-hydrogen) atoms. The Morgan fingerprint density at radius 1 is 1.55 bits per heavy atom. The van der Waals surface area contributed by atoms with Crippen LogP contribution in [0.25, 0.3) is 0 Å². The second-order valence-electron chi connectivity index (χ2n) is 5.51. The molecule has 0 amide bonds. The highest BCUT2D eigenvalue weighted by molar-refractivity contribution is 5.79. The van der Waals surface area contributed by atoms with Gasteiger partial charge in [0.25, 0.3) is 0 Å². The number of nitriles is 1. The summed E-state index contributed by atoms with van der Waals surface area (Å²) >= 11 is 0. The van der Waals surface area contributed by atoms with Gasteiger partial charge in [0, 0.05) is 13.1 Å². The van der Waals surface area contributed by atoms with Crippen LogP contribution >= 0.6 is 0 Å². The van der Waals surface area contributed by atoms with Crippen molar-refractivity contribution in [2.75, 3.05) is 25.1 Å². The highest BCUT2D eigenvalue weighted by Crippen LogP contribution is 2.50. The number of fused-ring (bicyclic) bond motifs is 1. The lowest BCUT2D eigenvalue weighted by Gasteiger charge is -2.25. The van der Waals surface area contributed by atoms with Crippen molar-refractivity contribution in [2.24, 2.45) is 11.3 Å². The Kier molecular flexibility index (Phi) is 3.05. The Morgan fingerprint density at radius 3 is 3.05 bits per heavy atom. The van der Waals surface area contributed by atoms with Gasteiger partial charge < -0.3 is 9.64 Å². The highest BCUT2D eigenvalue weighted by atomic mass is 16.5. The van der Waals surface area contributed by atoms with Gasteiger partial charge in [0.2, 0.25) is 0 Å². The van der Waals surface area contributed by atoms with Gasteiger partial charge in [0.1, 0.15) is 6.07 Å².